The lowest BCUT2D eigenvalue weighted by molar-refractivity contribution is -0.131. The van der Waals surface area contributed by atoms with Crippen LogP contribution in [-0.4, -0.2) is 36.7 Å². The van der Waals surface area contributed by atoms with Gasteiger partial charge in [0.15, 0.2) is 5.78 Å². The van der Waals surface area contributed by atoms with Gasteiger partial charge in [0, 0.05) is 29.4 Å². The number of rotatable bonds is 8. The predicted molar refractivity (Wildman–Crippen MR) is 129 cm³/mol. The molecule has 0 fully saturated rings. The monoisotopic (exact) mass is 444 g/mol. The van der Waals surface area contributed by atoms with Crippen LogP contribution in [0.15, 0.2) is 72.8 Å². The van der Waals surface area contributed by atoms with Crippen LogP contribution in [0, 0.1) is 0 Å². The molecule has 0 heterocycles. The molecule has 3 rings (SSSR count). The van der Waals surface area contributed by atoms with E-state index in [1.54, 1.807) is 49.4 Å². The molecule has 6 heteroatoms. The number of anilines is 1. The van der Waals surface area contributed by atoms with Crippen molar-refractivity contribution in [1.82, 2.24) is 4.90 Å². The molecule has 3 aromatic carbocycles. The number of nitrogens with zero attached hydrogens (tertiary/aromatic N) is 1. The Bertz CT molecular complexity index is 1160. The number of amides is 2. The smallest absolute Gasteiger partial charge is 0.255 e. The number of hydrogen-bond acceptors (Lipinski definition) is 4. The zero-order chi connectivity index (χ0) is 24.0. The summed E-state index contributed by atoms with van der Waals surface area (Å²) in [4.78, 5) is 38.9. The van der Waals surface area contributed by atoms with Crippen molar-refractivity contribution in [2.45, 2.75) is 26.3 Å². The van der Waals surface area contributed by atoms with Crippen molar-refractivity contribution < 1.29 is 19.1 Å². The number of Topliss-reactive ketones (excluding diaryl/α,β-unsaturated/α-hetero) is 1. The highest BCUT2D eigenvalue weighted by Crippen LogP contribution is 2.25. The number of methoxy groups -OCH3 is 1. The Morgan fingerprint density at radius 3 is 2.33 bits per heavy atom. The Morgan fingerprint density at radius 1 is 0.939 bits per heavy atom. The molecule has 0 saturated carbocycles. The summed E-state index contributed by atoms with van der Waals surface area (Å²) in [5.74, 6) is 0.199. The third kappa shape index (κ3) is 5.86. The Kier molecular flexibility index (Phi) is 7.61. The van der Waals surface area contributed by atoms with Gasteiger partial charge in [-0.2, -0.15) is 0 Å². The normalized spacial score (nSPS) is 11.4. The van der Waals surface area contributed by atoms with E-state index >= 15 is 0 Å². The summed E-state index contributed by atoms with van der Waals surface area (Å²) in [5.41, 5.74) is 3.32. The maximum Gasteiger partial charge on any atom is 0.255 e. The molecule has 3 aromatic rings. The number of carbonyl (C=O) groups is 3. The lowest BCUT2D eigenvalue weighted by atomic mass is 10.0. The first-order valence-corrected chi connectivity index (χ1v) is 10.7. The summed E-state index contributed by atoms with van der Waals surface area (Å²) in [6.07, 6.45) is 0.107. The fraction of sp³-hybridized carbons (Fsp3) is 0.222. The van der Waals surface area contributed by atoms with Crippen molar-refractivity contribution in [1.29, 1.82) is 0 Å². The fourth-order valence-electron chi connectivity index (χ4n) is 3.53. The molecule has 1 atom stereocenters. The van der Waals surface area contributed by atoms with Crippen molar-refractivity contribution in [2.24, 2.45) is 0 Å². The summed E-state index contributed by atoms with van der Waals surface area (Å²) in [5, 5.41) is 2.90. The molecule has 0 aliphatic carbocycles. The predicted octanol–water partition coefficient (Wildman–Crippen LogP) is 4.91. The lowest BCUT2D eigenvalue weighted by Gasteiger charge is -2.26. The van der Waals surface area contributed by atoms with Crippen LogP contribution < -0.4 is 10.1 Å². The molecule has 2 amide bonds. The minimum atomic E-state index is -0.229. The lowest BCUT2D eigenvalue weighted by Crippen LogP contribution is -2.31. The van der Waals surface area contributed by atoms with Crippen LogP contribution in [0.25, 0.3) is 0 Å². The van der Waals surface area contributed by atoms with Crippen LogP contribution >= 0.6 is 0 Å². The first kappa shape index (κ1) is 23.7. The van der Waals surface area contributed by atoms with E-state index in [1.807, 2.05) is 49.4 Å². The molecule has 0 aliphatic rings. The van der Waals surface area contributed by atoms with E-state index in [0.717, 1.165) is 5.56 Å². The van der Waals surface area contributed by atoms with Crippen molar-refractivity contribution in [3.8, 4) is 5.75 Å². The molecule has 0 saturated heterocycles. The molecule has 1 N–H and O–H groups in total. The zero-order valence-electron chi connectivity index (χ0n) is 19.3. The maximum absolute atomic E-state index is 13.0. The SMILES string of the molecule is COc1ccc(C(C)=O)cc1CC(=O)N(C)C(C)c1cccc(NC(=O)c2ccccc2)c1. The Balaban J connectivity index is 1.73. The van der Waals surface area contributed by atoms with E-state index in [2.05, 4.69) is 5.32 Å². The van der Waals surface area contributed by atoms with Gasteiger partial charge in [-0.1, -0.05) is 30.3 Å². The van der Waals surface area contributed by atoms with Crippen molar-refractivity contribution >= 4 is 23.3 Å². The molecule has 33 heavy (non-hydrogen) atoms. The van der Waals surface area contributed by atoms with Crippen LogP contribution in [0.5, 0.6) is 5.75 Å². The fourth-order valence-corrected chi connectivity index (χ4v) is 3.53. The molecule has 0 aliphatic heterocycles. The number of nitrogens with one attached hydrogen (secondary N) is 1. The molecular weight excluding hydrogens is 416 g/mol. The van der Waals surface area contributed by atoms with Crippen LogP contribution in [0.4, 0.5) is 5.69 Å². The molecule has 0 bridgehead atoms. The first-order chi connectivity index (χ1) is 15.8. The summed E-state index contributed by atoms with van der Waals surface area (Å²) in [7, 11) is 3.28. The summed E-state index contributed by atoms with van der Waals surface area (Å²) < 4.78 is 5.37. The second kappa shape index (κ2) is 10.6. The largest absolute Gasteiger partial charge is 0.496 e. The number of benzene rings is 3. The molecule has 1 unspecified atom stereocenters. The highest BCUT2D eigenvalue weighted by molar-refractivity contribution is 6.04. The molecule has 0 spiro atoms. The van der Waals surface area contributed by atoms with Gasteiger partial charge >= 0.3 is 0 Å². The molecule has 170 valence electrons. The molecular formula is C27H28N2O4. The highest BCUT2D eigenvalue weighted by atomic mass is 16.5. The summed E-state index contributed by atoms with van der Waals surface area (Å²) in [6.45, 7) is 3.42. The highest BCUT2D eigenvalue weighted by Gasteiger charge is 2.20. The van der Waals surface area contributed by atoms with E-state index < -0.39 is 0 Å². The number of likely N-dealkylation sites (N-methyl/N-ethyl adjacent to an activating group) is 1. The number of ether oxygens (including phenoxy) is 1. The van der Waals surface area contributed by atoms with Gasteiger partial charge in [0.2, 0.25) is 5.91 Å². The Morgan fingerprint density at radius 2 is 1.67 bits per heavy atom. The quantitative estimate of drug-likeness (QED) is 0.501. The van der Waals surface area contributed by atoms with Crippen LogP contribution in [0.2, 0.25) is 0 Å². The molecule has 0 radical (unpaired) electrons. The molecule has 6 nitrogen and oxygen atoms in total. The van der Waals surface area contributed by atoms with Gasteiger partial charge in [-0.25, -0.2) is 0 Å². The third-order valence-corrected chi connectivity index (χ3v) is 5.67. The number of ketones is 1. The third-order valence-electron chi connectivity index (χ3n) is 5.67. The average Bonchev–Trinajstić information content (AvgIpc) is 2.83. The van der Waals surface area contributed by atoms with Gasteiger partial charge in [-0.3, -0.25) is 14.4 Å². The summed E-state index contributed by atoms with van der Waals surface area (Å²) >= 11 is 0. The standard InChI is InChI=1S/C27H28N2O4/c1-18(21-11-8-12-24(16-21)28-27(32)20-9-6-5-7-10-20)29(3)26(31)17-23-15-22(19(2)30)13-14-25(23)33-4/h5-16,18H,17H2,1-4H3,(H,28,32). The first-order valence-electron chi connectivity index (χ1n) is 10.7. The van der Waals surface area contributed by atoms with Crippen molar-refractivity contribution in [2.75, 3.05) is 19.5 Å². The van der Waals surface area contributed by atoms with E-state index in [1.165, 1.54) is 6.92 Å². The van der Waals surface area contributed by atoms with E-state index in [0.29, 0.717) is 28.1 Å². The van der Waals surface area contributed by atoms with Gasteiger partial charge < -0.3 is 15.0 Å². The molecule has 0 aromatic heterocycles. The Labute approximate surface area is 194 Å². The van der Waals surface area contributed by atoms with E-state index in [-0.39, 0.29) is 30.1 Å². The van der Waals surface area contributed by atoms with E-state index in [9.17, 15) is 14.4 Å². The second-order valence-electron chi connectivity index (χ2n) is 7.89. The van der Waals surface area contributed by atoms with Gasteiger partial charge in [0.05, 0.1) is 19.6 Å². The van der Waals surface area contributed by atoms with Crippen LogP contribution in [0.3, 0.4) is 0 Å². The van der Waals surface area contributed by atoms with Gasteiger partial charge in [-0.15, -0.1) is 0 Å². The van der Waals surface area contributed by atoms with Crippen LogP contribution in [0.1, 0.15) is 51.7 Å². The number of carbonyl (C=O) groups excluding carboxylic acids is 3. The maximum atomic E-state index is 13.0. The number of hydrogen-bond donors (Lipinski definition) is 1. The van der Waals surface area contributed by atoms with Gasteiger partial charge in [0.1, 0.15) is 5.75 Å². The van der Waals surface area contributed by atoms with Crippen molar-refractivity contribution in [3.05, 3.63) is 95.1 Å². The van der Waals surface area contributed by atoms with Gasteiger partial charge in [-0.05, 0) is 61.9 Å². The minimum absolute atomic E-state index is 0.0672. The summed E-state index contributed by atoms with van der Waals surface area (Å²) in [6, 6.07) is 21.3. The average molecular weight is 445 g/mol. The van der Waals surface area contributed by atoms with Crippen molar-refractivity contribution in [3.63, 3.8) is 0 Å². The Hall–Kier alpha value is -3.93. The zero-order valence-corrected chi connectivity index (χ0v) is 19.3. The topological polar surface area (TPSA) is 75.7 Å². The van der Waals surface area contributed by atoms with E-state index in [4.69, 9.17) is 4.74 Å². The second-order valence-corrected chi connectivity index (χ2v) is 7.89. The van der Waals surface area contributed by atoms with Crippen LogP contribution in [-0.2, 0) is 11.2 Å². The minimum Gasteiger partial charge on any atom is -0.496 e. The van der Waals surface area contributed by atoms with Gasteiger partial charge in [0.25, 0.3) is 5.91 Å².